The van der Waals surface area contributed by atoms with Crippen LogP contribution in [0.5, 0.6) is 0 Å². The van der Waals surface area contributed by atoms with E-state index in [0.717, 1.165) is 44.8 Å². The van der Waals surface area contributed by atoms with Gasteiger partial charge in [0.05, 0.1) is 10.6 Å². The van der Waals surface area contributed by atoms with Crippen LogP contribution in [0.15, 0.2) is 12.3 Å². The van der Waals surface area contributed by atoms with E-state index in [1.807, 2.05) is 4.90 Å². The van der Waals surface area contributed by atoms with Gasteiger partial charge in [0.2, 0.25) is 0 Å². The van der Waals surface area contributed by atoms with Crippen LogP contribution in [0, 0.1) is 0 Å². The minimum Gasteiger partial charge on any atom is -0.355 e. The second-order valence-electron chi connectivity index (χ2n) is 5.58. The van der Waals surface area contributed by atoms with Gasteiger partial charge in [-0.1, -0.05) is 11.6 Å². The van der Waals surface area contributed by atoms with Gasteiger partial charge in [0.25, 0.3) is 5.91 Å². The fourth-order valence-corrected chi connectivity index (χ4v) is 3.27. The number of aromatic nitrogens is 1. The summed E-state index contributed by atoms with van der Waals surface area (Å²) in [5, 5.41) is 0.592. The van der Waals surface area contributed by atoms with Crippen LogP contribution in [0.4, 0.5) is 5.82 Å². The Labute approximate surface area is 124 Å². The Morgan fingerprint density at radius 2 is 1.70 bits per heavy atom. The summed E-state index contributed by atoms with van der Waals surface area (Å²) in [5.74, 6) is 0.881. The van der Waals surface area contributed by atoms with E-state index in [-0.39, 0.29) is 5.91 Å². The number of hydrogen-bond donors (Lipinski definition) is 0. The molecule has 2 saturated heterocycles. The number of rotatable bonds is 2. The average Bonchev–Trinajstić information content (AvgIpc) is 3.01. The summed E-state index contributed by atoms with van der Waals surface area (Å²) in [7, 11) is 0. The molecule has 0 bridgehead atoms. The van der Waals surface area contributed by atoms with Gasteiger partial charge in [-0.05, 0) is 38.2 Å². The average molecular weight is 294 g/mol. The minimum absolute atomic E-state index is 0.0621. The molecule has 0 aliphatic carbocycles. The maximum Gasteiger partial charge on any atom is 0.255 e. The third kappa shape index (κ3) is 2.75. The number of anilines is 1. The minimum atomic E-state index is 0.0621. The molecule has 0 spiro atoms. The normalized spacial score (nSPS) is 19.4. The van der Waals surface area contributed by atoms with Gasteiger partial charge in [-0.25, -0.2) is 4.98 Å². The number of carbonyl (C=O) groups is 1. The maximum absolute atomic E-state index is 12.4. The van der Waals surface area contributed by atoms with Crippen molar-refractivity contribution in [3.05, 3.63) is 22.8 Å². The van der Waals surface area contributed by atoms with Crippen LogP contribution >= 0.6 is 11.6 Å². The topological polar surface area (TPSA) is 36.4 Å². The first kappa shape index (κ1) is 13.7. The fraction of sp³-hybridized carbons (Fsp3) is 0.600. The van der Waals surface area contributed by atoms with Crippen molar-refractivity contribution < 1.29 is 4.79 Å². The van der Waals surface area contributed by atoms with E-state index in [1.165, 1.54) is 19.3 Å². The van der Waals surface area contributed by atoms with Gasteiger partial charge < -0.3 is 9.80 Å². The van der Waals surface area contributed by atoms with Crippen molar-refractivity contribution in [2.75, 3.05) is 31.1 Å². The largest absolute Gasteiger partial charge is 0.355 e. The summed E-state index contributed by atoms with van der Waals surface area (Å²) in [4.78, 5) is 20.9. The Kier molecular flexibility index (Phi) is 4.10. The predicted octanol–water partition coefficient (Wildman–Crippen LogP) is 2.96. The molecule has 0 radical (unpaired) electrons. The van der Waals surface area contributed by atoms with Crippen LogP contribution in [-0.4, -0.2) is 42.0 Å². The third-order valence-corrected chi connectivity index (χ3v) is 4.40. The molecule has 20 heavy (non-hydrogen) atoms. The van der Waals surface area contributed by atoms with Crippen molar-refractivity contribution in [1.29, 1.82) is 0 Å². The predicted molar refractivity (Wildman–Crippen MR) is 80.4 cm³/mol. The van der Waals surface area contributed by atoms with Crippen molar-refractivity contribution in [3.8, 4) is 0 Å². The van der Waals surface area contributed by atoms with Crippen LogP contribution in [0.25, 0.3) is 0 Å². The molecule has 1 aromatic heterocycles. The second-order valence-corrected chi connectivity index (χ2v) is 5.98. The Morgan fingerprint density at radius 3 is 2.35 bits per heavy atom. The summed E-state index contributed by atoms with van der Waals surface area (Å²) in [6.07, 6.45) is 7.46. The molecule has 3 heterocycles. The summed E-state index contributed by atoms with van der Waals surface area (Å²) in [5.41, 5.74) is 0.611. The van der Waals surface area contributed by atoms with E-state index >= 15 is 0 Å². The molecule has 4 nitrogen and oxygen atoms in total. The highest BCUT2D eigenvalue weighted by Gasteiger charge is 2.21. The number of hydrogen-bond acceptors (Lipinski definition) is 3. The molecule has 2 aliphatic heterocycles. The van der Waals surface area contributed by atoms with Crippen molar-refractivity contribution in [1.82, 2.24) is 9.88 Å². The van der Waals surface area contributed by atoms with Crippen molar-refractivity contribution in [2.45, 2.75) is 32.1 Å². The maximum atomic E-state index is 12.4. The van der Waals surface area contributed by atoms with Crippen LogP contribution in [0.2, 0.25) is 5.02 Å². The Bertz CT molecular complexity index is 494. The summed E-state index contributed by atoms with van der Waals surface area (Å²) in [6.45, 7) is 3.72. The Hall–Kier alpha value is -1.29. The van der Waals surface area contributed by atoms with E-state index < -0.39 is 0 Å². The van der Waals surface area contributed by atoms with Gasteiger partial charge in [0, 0.05) is 32.4 Å². The van der Waals surface area contributed by atoms with E-state index in [4.69, 9.17) is 11.6 Å². The number of carbonyl (C=O) groups excluding carboxylic acids is 1. The van der Waals surface area contributed by atoms with E-state index in [9.17, 15) is 4.79 Å². The second kappa shape index (κ2) is 6.00. The zero-order valence-electron chi connectivity index (χ0n) is 11.6. The monoisotopic (exact) mass is 293 g/mol. The number of likely N-dealkylation sites (tertiary alicyclic amines) is 1. The highest BCUT2D eigenvalue weighted by atomic mass is 35.5. The lowest BCUT2D eigenvalue weighted by Gasteiger charge is -2.27. The van der Waals surface area contributed by atoms with Gasteiger partial charge in [-0.3, -0.25) is 4.79 Å². The lowest BCUT2D eigenvalue weighted by molar-refractivity contribution is 0.0724. The van der Waals surface area contributed by atoms with Gasteiger partial charge in [0.15, 0.2) is 0 Å². The fourth-order valence-electron chi connectivity index (χ4n) is 2.99. The number of pyridine rings is 1. The number of piperidine rings is 1. The van der Waals surface area contributed by atoms with Crippen LogP contribution in [-0.2, 0) is 0 Å². The quantitative estimate of drug-likeness (QED) is 0.841. The number of halogens is 1. The molecule has 0 N–H and O–H groups in total. The summed E-state index contributed by atoms with van der Waals surface area (Å²) >= 11 is 6.32. The molecular formula is C15H20ClN3O. The van der Waals surface area contributed by atoms with Crippen LogP contribution in [0.1, 0.15) is 42.5 Å². The molecule has 0 unspecified atom stereocenters. The molecule has 5 heteroatoms. The van der Waals surface area contributed by atoms with E-state index in [2.05, 4.69) is 9.88 Å². The van der Waals surface area contributed by atoms with Crippen molar-refractivity contribution in [3.63, 3.8) is 0 Å². The summed E-state index contributed by atoms with van der Waals surface area (Å²) < 4.78 is 0. The van der Waals surface area contributed by atoms with Gasteiger partial charge in [-0.2, -0.15) is 0 Å². The third-order valence-electron chi connectivity index (χ3n) is 4.12. The van der Waals surface area contributed by atoms with Crippen LogP contribution < -0.4 is 4.90 Å². The highest BCUT2D eigenvalue weighted by molar-refractivity contribution is 6.33. The Morgan fingerprint density at radius 1 is 1.05 bits per heavy atom. The molecule has 0 aromatic carbocycles. The molecule has 2 aliphatic rings. The highest BCUT2D eigenvalue weighted by Crippen LogP contribution is 2.27. The number of nitrogens with zero attached hydrogens (tertiary/aromatic N) is 3. The lowest BCUT2D eigenvalue weighted by Crippen LogP contribution is -2.35. The molecule has 2 fully saturated rings. The molecule has 1 amide bonds. The summed E-state index contributed by atoms with van der Waals surface area (Å²) in [6, 6.07) is 1.78. The standard InChI is InChI=1S/C15H20ClN3O/c16-13-10-12(15(20)19-8-2-1-3-9-19)11-17-14(13)18-6-4-5-7-18/h10-11H,1-9H2. The van der Waals surface area contributed by atoms with Gasteiger partial charge >= 0.3 is 0 Å². The molecule has 1 aromatic rings. The SMILES string of the molecule is O=C(c1cnc(N2CCCC2)c(Cl)c1)N1CCCCC1. The molecule has 0 saturated carbocycles. The first-order chi connectivity index (χ1) is 9.75. The van der Waals surface area contributed by atoms with E-state index in [1.54, 1.807) is 12.3 Å². The van der Waals surface area contributed by atoms with Gasteiger partial charge in [0.1, 0.15) is 5.82 Å². The first-order valence-corrected chi connectivity index (χ1v) is 7.83. The molecule has 0 atom stereocenters. The first-order valence-electron chi connectivity index (χ1n) is 7.45. The van der Waals surface area contributed by atoms with Crippen molar-refractivity contribution >= 4 is 23.3 Å². The number of amides is 1. The molecule has 3 rings (SSSR count). The van der Waals surface area contributed by atoms with Crippen molar-refractivity contribution in [2.24, 2.45) is 0 Å². The molecular weight excluding hydrogens is 274 g/mol. The Balaban J connectivity index is 1.77. The lowest BCUT2D eigenvalue weighted by atomic mass is 10.1. The van der Waals surface area contributed by atoms with E-state index in [0.29, 0.717) is 10.6 Å². The zero-order valence-corrected chi connectivity index (χ0v) is 12.4. The molecule has 108 valence electrons. The smallest absolute Gasteiger partial charge is 0.255 e. The van der Waals surface area contributed by atoms with Crippen LogP contribution in [0.3, 0.4) is 0 Å². The zero-order chi connectivity index (χ0) is 13.9. The van der Waals surface area contributed by atoms with Gasteiger partial charge in [-0.15, -0.1) is 0 Å².